The molecule has 4 atom stereocenters. The average Bonchev–Trinajstić information content (AvgIpc) is 2.92. The number of esters is 2. The van der Waals surface area contributed by atoms with Gasteiger partial charge in [0.25, 0.3) is 11.8 Å². The van der Waals surface area contributed by atoms with Crippen molar-refractivity contribution in [2.75, 3.05) is 6.54 Å². The molecule has 2 aromatic rings. The first-order chi connectivity index (χ1) is 18.9. The molecule has 2 aliphatic rings. The van der Waals surface area contributed by atoms with Gasteiger partial charge in [0.1, 0.15) is 18.2 Å². The van der Waals surface area contributed by atoms with Crippen molar-refractivity contribution in [3.63, 3.8) is 0 Å². The molecule has 0 unspecified atom stereocenters. The van der Waals surface area contributed by atoms with Crippen molar-refractivity contribution in [2.24, 2.45) is 11.3 Å². The van der Waals surface area contributed by atoms with E-state index in [0.29, 0.717) is 30.6 Å². The Bertz CT molecular complexity index is 1340. The number of carbonyl (C=O) groups excluding carboxylic acids is 4. The summed E-state index contributed by atoms with van der Waals surface area (Å²) in [6.07, 6.45) is 2.92. The molecule has 214 valence electrons. The fraction of sp³-hybridized carbons (Fsp3) is 0.500. The monoisotopic (exact) mass is 550 g/mol. The third-order valence-electron chi connectivity index (χ3n) is 7.23. The van der Waals surface area contributed by atoms with Crippen LogP contribution in [0.3, 0.4) is 0 Å². The smallest absolute Gasteiger partial charge is 0.325 e. The van der Waals surface area contributed by atoms with Crippen molar-refractivity contribution in [1.29, 1.82) is 0 Å². The van der Waals surface area contributed by atoms with Gasteiger partial charge in [0, 0.05) is 11.9 Å². The lowest BCUT2D eigenvalue weighted by molar-refractivity contribution is -0.165. The van der Waals surface area contributed by atoms with Gasteiger partial charge in [-0.2, -0.15) is 0 Å². The Kier molecular flexibility index (Phi) is 8.58. The van der Waals surface area contributed by atoms with Crippen molar-refractivity contribution < 1.29 is 28.7 Å². The van der Waals surface area contributed by atoms with Gasteiger partial charge in [-0.15, -0.1) is 0 Å². The number of hydrogen-bond acceptors (Lipinski definition) is 8. The van der Waals surface area contributed by atoms with Crippen LogP contribution in [0, 0.1) is 11.3 Å². The van der Waals surface area contributed by atoms with Crippen molar-refractivity contribution in [2.45, 2.75) is 78.7 Å². The number of hydrogen-bond donors (Lipinski definition) is 2. The predicted octanol–water partition coefficient (Wildman–Crippen LogP) is 3.46. The molecule has 1 aromatic heterocycles. The molecule has 1 aromatic carbocycles. The minimum atomic E-state index is -1.09. The zero-order valence-electron chi connectivity index (χ0n) is 23.9. The summed E-state index contributed by atoms with van der Waals surface area (Å²) >= 11 is 0. The van der Waals surface area contributed by atoms with Crippen LogP contribution in [0.4, 0.5) is 0 Å². The van der Waals surface area contributed by atoms with Crippen molar-refractivity contribution in [3.8, 4) is 0 Å². The van der Waals surface area contributed by atoms with Crippen molar-refractivity contribution >= 4 is 40.7 Å². The van der Waals surface area contributed by atoms with Crippen LogP contribution in [0.1, 0.15) is 71.7 Å². The lowest BCUT2D eigenvalue weighted by Gasteiger charge is -2.35. The first-order valence-electron chi connectivity index (χ1n) is 13.7. The molecule has 1 fully saturated rings. The van der Waals surface area contributed by atoms with Gasteiger partial charge in [-0.3, -0.25) is 24.2 Å². The maximum absolute atomic E-state index is 13.2. The Hall–Kier alpha value is -3.79. The Morgan fingerprint density at radius 2 is 1.77 bits per heavy atom. The highest BCUT2D eigenvalue weighted by Gasteiger charge is 2.36. The number of benzene rings is 1. The van der Waals surface area contributed by atoms with E-state index in [0.717, 1.165) is 10.9 Å². The van der Waals surface area contributed by atoms with Crippen LogP contribution >= 0.6 is 0 Å². The number of carbonyl (C=O) groups is 4. The Labute approximate surface area is 234 Å². The van der Waals surface area contributed by atoms with Gasteiger partial charge in [-0.25, -0.2) is 10.4 Å². The molecular formula is C30H38N4O6. The van der Waals surface area contributed by atoms with Crippen LogP contribution in [0.2, 0.25) is 0 Å². The van der Waals surface area contributed by atoms with Crippen molar-refractivity contribution in [3.05, 3.63) is 47.7 Å². The molecule has 10 heteroatoms. The largest absolute Gasteiger partial charge is 0.455 e. The molecule has 1 saturated heterocycles. The van der Waals surface area contributed by atoms with Gasteiger partial charge in [-0.05, 0) is 64.2 Å². The SMILES string of the molecule is CC(C)[C@@H]1OC(=O)C(C)(C)C=Cc2ccc3ccc(nc3c2)[C@@H](C)OC(=O)[C@@H]2CCCN(N2)C(=O)[C@H](C)NC1=O. The Morgan fingerprint density at radius 3 is 2.50 bits per heavy atom. The number of nitrogens with zero attached hydrogens (tertiary/aromatic N) is 2. The lowest BCUT2D eigenvalue weighted by atomic mass is 9.92. The van der Waals surface area contributed by atoms with E-state index in [4.69, 9.17) is 14.5 Å². The molecule has 2 N–H and O–H groups in total. The zero-order chi connectivity index (χ0) is 29.2. The van der Waals surface area contributed by atoms with Crippen LogP contribution in [0.5, 0.6) is 0 Å². The maximum Gasteiger partial charge on any atom is 0.325 e. The number of rotatable bonds is 1. The van der Waals surface area contributed by atoms with Crippen LogP contribution < -0.4 is 10.7 Å². The second kappa shape index (κ2) is 11.8. The Morgan fingerprint density at radius 1 is 1.05 bits per heavy atom. The minimum Gasteiger partial charge on any atom is -0.455 e. The molecular weight excluding hydrogens is 512 g/mol. The number of nitrogens with one attached hydrogen (secondary N) is 2. The minimum absolute atomic E-state index is 0.331. The molecule has 0 radical (unpaired) electrons. The fourth-order valence-electron chi connectivity index (χ4n) is 4.64. The van der Waals surface area contributed by atoms with Crippen LogP contribution in [-0.2, 0) is 28.7 Å². The summed E-state index contributed by atoms with van der Waals surface area (Å²) in [6.45, 7) is 10.7. The number of aromatic nitrogens is 1. The second-order valence-corrected chi connectivity index (χ2v) is 11.4. The highest BCUT2D eigenvalue weighted by Crippen LogP contribution is 2.26. The number of amides is 2. The van der Waals surface area contributed by atoms with Gasteiger partial charge in [0.15, 0.2) is 6.10 Å². The predicted molar refractivity (Wildman–Crippen MR) is 149 cm³/mol. The van der Waals surface area contributed by atoms with E-state index in [-0.39, 0.29) is 5.92 Å². The van der Waals surface area contributed by atoms with Gasteiger partial charge < -0.3 is 14.8 Å². The van der Waals surface area contributed by atoms with E-state index < -0.39 is 53.5 Å². The summed E-state index contributed by atoms with van der Waals surface area (Å²) in [6, 6.07) is 7.85. The van der Waals surface area contributed by atoms with Gasteiger partial charge in [0.05, 0.1) is 16.6 Å². The first kappa shape index (κ1) is 29.2. The molecule has 5 bridgehead atoms. The Balaban J connectivity index is 1.70. The highest BCUT2D eigenvalue weighted by atomic mass is 16.6. The number of ether oxygens (including phenoxy) is 2. The van der Waals surface area contributed by atoms with Gasteiger partial charge in [-0.1, -0.05) is 44.2 Å². The first-order valence-corrected chi connectivity index (χ1v) is 13.7. The quantitative estimate of drug-likeness (QED) is 0.517. The van der Waals surface area contributed by atoms with E-state index in [1.54, 1.807) is 47.6 Å². The van der Waals surface area contributed by atoms with E-state index in [1.807, 2.05) is 36.4 Å². The number of pyridine rings is 1. The summed E-state index contributed by atoms with van der Waals surface area (Å²) in [4.78, 5) is 57.2. The summed E-state index contributed by atoms with van der Waals surface area (Å²) in [5.41, 5.74) is 4.06. The molecule has 0 aliphatic carbocycles. The summed E-state index contributed by atoms with van der Waals surface area (Å²) in [7, 11) is 0. The third kappa shape index (κ3) is 6.50. The van der Waals surface area contributed by atoms with E-state index >= 15 is 0 Å². The van der Waals surface area contributed by atoms with Crippen molar-refractivity contribution in [1.82, 2.24) is 20.7 Å². The normalized spacial score (nSPS) is 26.4. The third-order valence-corrected chi connectivity index (χ3v) is 7.23. The number of fused-ring (bicyclic) bond motifs is 4. The number of hydrazine groups is 1. The molecule has 0 spiro atoms. The lowest BCUT2D eigenvalue weighted by Crippen LogP contribution is -2.60. The number of cyclic esters (lactones) is 2. The average molecular weight is 551 g/mol. The van der Waals surface area contributed by atoms with Gasteiger partial charge >= 0.3 is 11.9 Å². The van der Waals surface area contributed by atoms with Crippen LogP contribution in [0.25, 0.3) is 17.0 Å². The van der Waals surface area contributed by atoms with Crippen LogP contribution in [-0.4, -0.2) is 58.5 Å². The van der Waals surface area contributed by atoms with E-state index in [9.17, 15) is 19.2 Å². The molecule has 2 amide bonds. The molecule has 2 aliphatic heterocycles. The second-order valence-electron chi connectivity index (χ2n) is 11.4. The molecule has 4 rings (SSSR count). The van der Waals surface area contributed by atoms with E-state index in [2.05, 4.69) is 10.7 Å². The zero-order valence-corrected chi connectivity index (χ0v) is 23.9. The molecule has 0 saturated carbocycles. The maximum atomic E-state index is 13.2. The topological polar surface area (TPSA) is 127 Å². The molecule has 40 heavy (non-hydrogen) atoms. The molecule has 10 nitrogen and oxygen atoms in total. The highest BCUT2D eigenvalue weighted by molar-refractivity contribution is 5.91. The van der Waals surface area contributed by atoms with Crippen LogP contribution in [0.15, 0.2) is 36.4 Å². The summed E-state index contributed by atoms with van der Waals surface area (Å²) < 4.78 is 11.4. The molecule has 3 heterocycles. The van der Waals surface area contributed by atoms with Gasteiger partial charge in [0.2, 0.25) is 0 Å². The summed E-state index contributed by atoms with van der Waals surface area (Å²) in [5.74, 6) is -2.35. The van der Waals surface area contributed by atoms with E-state index in [1.165, 1.54) is 5.01 Å². The fourth-order valence-corrected chi connectivity index (χ4v) is 4.64. The summed E-state index contributed by atoms with van der Waals surface area (Å²) in [5, 5.41) is 4.94. The standard InChI is InChI=1S/C30H38N4O6/c1-17(2)25-26(35)31-18(3)27(36)34-15-7-8-23(33-34)28(37)39-19(4)22-12-11-21-10-9-20(16-24(21)32-22)13-14-30(5,6)29(38)40-25/h9-14,16-19,23,25,33H,7-8,15H2,1-6H3,(H,31,35)/t18-,19+,23-,25-/m0/s1.